The second-order valence-electron chi connectivity index (χ2n) is 14.9. The lowest BCUT2D eigenvalue weighted by molar-refractivity contribution is -0.120. The van der Waals surface area contributed by atoms with Crippen molar-refractivity contribution in [2.24, 2.45) is 10.8 Å². The van der Waals surface area contributed by atoms with Crippen molar-refractivity contribution in [3.8, 4) is 5.75 Å². The van der Waals surface area contributed by atoms with Crippen LogP contribution in [0, 0.1) is 17.8 Å². The first-order valence-corrected chi connectivity index (χ1v) is 17.7. The van der Waals surface area contributed by atoms with Gasteiger partial charge in [-0.25, -0.2) is 0 Å². The third-order valence-electron chi connectivity index (χ3n) is 9.59. The molecule has 8 heteroatoms. The normalized spacial score (nSPS) is 18.9. The first kappa shape index (κ1) is 34.2. The summed E-state index contributed by atoms with van der Waals surface area (Å²) in [6, 6.07) is 21.4. The molecule has 3 aromatic rings. The standard InChI is InChI=1S/C40H42BrClN2O4/c1-24-11-13-27(18-29(24)42)43-35(47)23-48-34-14-12-26(17-28(34)41)36-37-30(19-39(2,3)21-32(37)45)44(16-15-25-9-7-6-8-10-25)31-20-40(4,5)22-33(46)38(31)36/h6-14,17-18,36H,15-16,19-23H2,1-5H3,(H,43,47). The van der Waals surface area contributed by atoms with Gasteiger partial charge in [-0.05, 0) is 93.9 Å². The molecule has 0 unspecified atom stereocenters. The van der Waals surface area contributed by atoms with Crippen molar-refractivity contribution >= 4 is 50.7 Å². The van der Waals surface area contributed by atoms with Crippen LogP contribution in [-0.4, -0.2) is 35.5 Å². The van der Waals surface area contributed by atoms with Crippen molar-refractivity contribution in [2.45, 2.75) is 72.6 Å². The molecule has 1 aliphatic heterocycles. The van der Waals surface area contributed by atoms with Gasteiger partial charge in [0.15, 0.2) is 18.2 Å². The summed E-state index contributed by atoms with van der Waals surface area (Å²) in [5.74, 6) is -0.0833. The molecule has 0 saturated carbocycles. The number of nitrogens with zero attached hydrogens (tertiary/aromatic N) is 1. The maximum atomic E-state index is 14.2. The Kier molecular flexibility index (Phi) is 9.49. The molecule has 0 bridgehead atoms. The molecule has 1 N–H and O–H groups in total. The minimum Gasteiger partial charge on any atom is -0.483 e. The van der Waals surface area contributed by atoms with Crippen LogP contribution >= 0.6 is 27.5 Å². The van der Waals surface area contributed by atoms with E-state index < -0.39 is 5.92 Å². The number of benzene rings is 3. The molecular weight excluding hydrogens is 688 g/mol. The first-order chi connectivity index (χ1) is 22.7. The number of hydrogen-bond acceptors (Lipinski definition) is 5. The number of hydrogen-bond donors (Lipinski definition) is 1. The van der Waals surface area contributed by atoms with Crippen LogP contribution in [0.3, 0.4) is 0 Å². The van der Waals surface area contributed by atoms with Crippen molar-refractivity contribution in [1.82, 2.24) is 4.90 Å². The predicted octanol–water partition coefficient (Wildman–Crippen LogP) is 9.36. The highest BCUT2D eigenvalue weighted by Gasteiger charge is 2.49. The van der Waals surface area contributed by atoms with Gasteiger partial charge in [-0.1, -0.05) is 81.8 Å². The number of aryl methyl sites for hydroxylation is 1. The SMILES string of the molecule is Cc1ccc(NC(=O)COc2ccc(C3C4=C(CC(C)(C)CC4=O)N(CCc4ccccc4)C4=C3C(=O)CC(C)(C)C4)cc2Br)cc1Cl. The van der Waals surface area contributed by atoms with Gasteiger partial charge in [0.2, 0.25) is 0 Å². The fourth-order valence-electron chi connectivity index (χ4n) is 7.36. The molecule has 48 heavy (non-hydrogen) atoms. The molecule has 3 aliphatic rings. The van der Waals surface area contributed by atoms with Crippen molar-refractivity contribution in [3.63, 3.8) is 0 Å². The van der Waals surface area contributed by atoms with Crippen LogP contribution in [0.15, 0.2) is 93.7 Å². The largest absolute Gasteiger partial charge is 0.483 e. The summed E-state index contributed by atoms with van der Waals surface area (Å²) in [6.07, 6.45) is 3.19. The number of carbonyl (C=O) groups excluding carboxylic acids is 3. The van der Waals surface area contributed by atoms with Crippen LogP contribution in [-0.2, 0) is 20.8 Å². The minimum absolute atomic E-state index is 0.101. The summed E-state index contributed by atoms with van der Waals surface area (Å²) in [6.45, 7) is 11.0. The number of allylic oxidation sites excluding steroid dienone is 4. The predicted molar refractivity (Wildman–Crippen MR) is 194 cm³/mol. The van der Waals surface area contributed by atoms with Crippen LogP contribution < -0.4 is 10.1 Å². The molecule has 0 radical (unpaired) electrons. The molecule has 1 heterocycles. The third-order valence-corrected chi connectivity index (χ3v) is 10.6. The Morgan fingerprint density at radius 3 is 2.10 bits per heavy atom. The maximum absolute atomic E-state index is 14.2. The van der Waals surface area contributed by atoms with Gasteiger partial charge in [0.05, 0.1) is 4.47 Å². The monoisotopic (exact) mass is 728 g/mol. The lowest BCUT2D eigenvalue weighted by Gasteiger charge is -2.49. The Morgan fingerprint density at radius 2 is 1.52 bits per heavy atom. The molecule has 6 rings (SSSR count). The van der Waals surface area contributed by atoms with E-state index in [1.54, 1.807) is 12.1 Å². The van der Waals surface area contributed by atoms with Gasteiger partial charge in [0.1, 0.15) is 5.75 Å². The van der Waals surface area contributed by atoms with Gasteiger partial charge >= 0.3 is 0 Å². The Labute approximate surface area is 296 Å². The Balaban J connectivity index is 1.34. The van der Waals surface area contributed by atoms with E-state index in [0.717, 1.165) is 52.9 Å². The van der Waals surface area contributed by atoms with Crippen molar-refractivity contribution < 1.29 is 19.1 Å². The van der Waals surface area contributed by atoms with Gasteiger partial charge in [-0.2, -0.15) is 0 Å². The van der Waals surface area contributed by atoms with E-state index in [4.69, 9.17) is 16.3 Å². The highest BCUT2D eigenvalue weighted by Crippen LogP contribution is 2.54. The molecule has 6 nitrogen and oxygen atoms in total. The summed E-state index contributed by atoms with van der Waals surface area (Å²) in [4.78, 5) is 43.4. The zero-order valence-corrected chi connectivity index (χ0v) is 30.6. The maximum Gasteiger partial charge on any atom is 0.262 e. The lowest BCUT2D eigenvalue weighted by Crippen LogP contribution is -2.45. The number of amides is 1. The van der Waals surface area contributed by atoms with E-state index in [1.807, 2.05) is 37.3 Å². The fourth-order valence-corrected chi connectivity index (χ4v) is 8.05. The van der Waals surface area contributed by atoms with Gasteiger partial charge in [0, 0.05) is 58.6 Å². The number of ketones is 2. The van der Waals surface area contributed by atoms with Gasteiger partial charge < -0.3 is 15.0 Å². The number of ether oxygens (including phenoxy) is 1. The number of Topliss-reactive ketones (excluding diaryl/α,β-unsaturated/α-hetero) is 2. The van der Waals surface area contributed by atoms with Crippen LogP contribution in [0.1, 0.15) is 76.0 Å². The Morgan fingerprint density at radius 1 is 0.896 bits per heavy atom. The van der Waals surface area contributed by atoms with Crippen LogP contribution in [0.5, 0.6) is 5.75 Å². The summed E-state index contributed by atoms with van der Waals surface area (Å²) in [5.41, 5.74) is 6.79. The lowest BCUT2D eigenvalue weighted by atomic mass is 9.63. The van der Waals surface area contributed by atoms with E-state index in [2.05, 4.69) is 78.1 Å². The molecule has 0 saturated heterocycles. The molecular formula is C40H42BrClN2O4. The van der Waals surface area contributed by atoms with Gasteiger partial charge in [0.25, 0.3) is 5.91 Å². The fraction of sp³-hybridized carbons (Fsp3) is 0.375. The topological polar surface area (TPSA) is 75.7 Å². The molecule has 0 spiro atoms. The minimum atomic E-state index is -0.463. The first-order valence-electron chi connectivity index (χ1n) is 16.5. The summed E-state index contributed by atoms with van der Waals surface area (Å²) >= 11 is 9.88. The van der Waals surface area contributed by atoms with Crippen LogP contribution in [0.2, 0.25) is 5.02 Å². The zero-order valence-electron chi connectivity index (χ0n) is 28.2. The number of anilines is 1. The number of carbonyl (C=O) groups is 3. The highest BCUT2D eigenvalue weighted by atomic mass is 79.9. The summed E-state index contributed by atoms with van der Waals surface area (Å²) in [5, 5.41) is 3.39. The second-order valence-corrected chi connectivity index (χ2v) is 16.2. The average molecular weight is 730 g/mol. The number of nitrogens with one attached hydrogen (secondary N) is 1. The van der Waals surface area contributed by atoms with Gasteiger partial charge in [-0.3, -0.25) is 14.4 Å². The van der Waals surface area contributed by atoms with Crippen molar-refractivity contribution in [3.05, 3.63) is 115 Å². The van der Waals surface area contributed by atoms with E-state index in [0.29, 0.717) is 40.3 Å². The summed E-state index contributed by atoms with van der Waals surface area (Å²) < 4.78 is 6.56. The zero-order chi connectivity index (χ0) is 34.4. The molecule has 250 valence electrons. The van der Waals surface area contributed by atoms with E-state index >= 15 is 0 Å². The van der Waals surface area contributed by atoms with E-state index in [1.165, 1.54) is 5.56 Å². The summed E-state index contributed by atoms with van der Waals surface area (Å²) in [7, 11) is 0. The molecule has 2 aliphatic carbocycles. The van der Waals surface area contributed by atoms with E-state index in [9.17, 15) is 14.4 Å². The van der Waals surface area contributed by atoms with Crippen LogP contribution in [0.25, 0.3) is 0 Å². The number of halogens is 2. The molecule has 3 aromatic carbocycles. The third kappa shape index (κ3) is 7.18. The molecule has 0 aromatic heterocycles. The molecule has 0 fully saturated rings. The quantitative estimate of drug-likeness (QED) is 0.250. The van der Waals surface area contributed by atoms with Crippen LogP contribution in [0.4, 0.5) is 5.69 Å². The highest BCUT2D eigenvalue weighted by molar-refractivity contribution is 9.10. The average Bonchev–Trinajstić information content (AvgIpc) is 3.00. The Hall–Kier alpha value is -3.68. The van der Waals surface area contributed by atoms with E-state index in [-0.39, 0.29) is 34.9 Å². The molecule has 0 atom stereocenters. The molecule has 1 amide bonds. The van der Waals surface area contributed by atoms with Crippen molar-refractivity contribution in [1.29, 1.82) is 0 Å². The van der Waals surface area contributed by atoms with Crippen molar-refractivity contribution in [2.75, 3.05) is 18.5 Å². The smallest absolute Gasteiger partial charge is 0.262 e. The van der Waals surface area contributed by atoms with Gasteiger partial charge in [-0.15, -0.1) is 0 Å². The number of rotatable bonds is 8. The Bertz CT molecular complexity index is 1810. The second kappa shape index (κ2) is 13.3.